The number of pyridine rings is 1. The number of hydrogen-bond donors (Lipinski definition) is 0. The minimum Gasteiger partial charge on any atom is -0.443 e. The molecule has 2 aromatic heterocycles. The van der Waals surface area contributed by atoms with E-state index in [9.17, 15) is 14.0 Å². The topological polar surface area (TPSA) is 121 Å². The zero-order chi connectivity index (χ0) is 38.8. The number of aryl methyl sites for hydroxylation is 1. The zero-order valence-electron chi connectivity index (χ0n) is 32.4. The number of benzene rings is 1. The van der Waals surface area contributed by atoms with Crippen molar-refractivity contribution >= 4 is 40.7 Å². The lowest BCUT2D eigenvalue weighted by molar-refractivity contribution is -0.114. The number of hydrogen-bond acceptors (Lipinski definition) is 11. The van der Waals surface area contributed by atoms with Gasteiger partial charge in [0.25, 0.3) is 0 Å². The van der Waals surface area contributed by atoms with E-state index < -0.39 is 5.41 Å². The average molecular weight is 777 g/mol. The van der Waals surface area contributed by atoms with Crippen LogP contribution in [0.25, 0.3) is 11.0 Å². The molecule has 0 aliphatic carbocycles. The van der Waals surface area contributed by atoms with Crippen molar-refractivity contribution in [2.75, 3.05) is 105 Å². The first-order valence-electron chi connectivity index (χ1n) is 19.1. The Kier molecular flexibility index (Phi) is 18.3. The van der Waals surface area contributed by atoms with Gasteiger partial charge in [0, 0.05) is 64.6 Å². The van der Waals surface area contributed by atoms with E-state index in [-0.39, 0.29) is 18.9 Å². The van der Waals surface area contributed by atoms with Crippen LogP contribution in [0.4, 0.5) is 14.9 Å². The number of aldehydes is 1. The monoisotopic (exact) mass is 776 g/mol. The number of carbonyl (C=O) groups is 2. The largest absolute Gasteiger partial charge is 0.443 e. The lowest BCUT2D eigenvalue weighted by Gasteiger charge is -2.42. The van der Waals surface area contributed by atoms with Gasteiger partial charge in [-0.05, 0) is 55.5 Å². The van der Waals surface area contributed by atoms with E-state index in [2.05, 4.69) is 14.5 Å². The van der Waals surface area contributed by atoms with Gasteiger partial charge in [-0.3, -0.25) is 14.3 Å². The molecule has 0 saturated carbocycles. The fourth-order valence-electron chi connectivity index (χ4n) is 6.71. The SMILES string of the molecule is CC.COCCOCCOCCOCCN1CC(OC(=O)N2CCC(C=O)(c3ccncc3N(C)Cc3nc4cc(Cl)ccc4n3CCCCF)CC2)C1. The maximum atomic E-state index is 13.1. The summed E-state index contributed by atoms with van der Waals surface area (Å²) in [4.78, 5) is 41.2. The van der Waals surface area contributed by atoms with E-state index >= 15 is 0 Å². The van der Waals surface area contributed by atoms with E-state index in [1.165, 1.54) is 0 Å². The van der Waals surface area contributed by atoms with Gasteiger partial charge in [-0.15, -0.1) is 0 Å². The Balaban J connectivity index is 0.00000319. The second-order valence-electron chi connectivity index (χ2n) is 13.3. The van der Waals surface area contributed by atoms with E-state index in [0.29, 0.717) is 116 Å². The molecule has 13 nitrogen and oxygen atoms in total. The molecule has 2 aliphatic heterocycles. The van der Waals surface area contributed by atoms with Crippen molar-refractivity contribution in [2.24, 2.45) is 0 Å². The molecule has 0 spiro atoms. The number of fused-ring (bicyclic) bond motifs is 1. The summed E-state index contributed by atoms with van der Waals surface area (Å²) in [5.41, 5.74) is 2.63. The molecular formula is C39H58ClFN6O7. The molecule has 300 valence electrons. The summed E-state index contributed by atoms with van der Waals surface area (Å²) in [7, 11) is 3.59. The number of rotatable bonds is 22. The van der Waals surface area contributed by atoms with Gasteiger partial charge in [0.15, 0.2) is 0 Å². The second kappa shape index (κ2) is 22.9. The molecular weight excluding hydrogens is 719 g/mol. The molecule has 2 aliphatic rings. The number of aromatic nitrogens is 3. The highest BCUT2D eigenvalue weighted by Crippen LogP contribution is 2.39. The fraction of sp³-hybridized carbons (Fsp3) is 0.641. The Hall–Kier alpha value is -3.40. The molecule has 2 saturated heterocycles. The Morgan fingerprint density at radius 3 is 2.35 bits per heavy atom. The third-order valence-electron chi connectivity index (χ3n) is 9.74. The highest BCUT2D eigenvalue weighted by atomic mass is 35.5. The normalized spacial score (nSPS) is 15.8. The molecule has 0 bridgehead atoms. The molecule has 0 unspecified atom stereocenters. The quantitative estimate of drug-likeness (QED) is 0.0945. The highest BCUT2D eigenvalue weighted by molar-refractivity contribution is 6.31. The molecule has 2 fully saturated rings. The van der Waals surface area contributed by atoms with Crippen LogP contribution in [-0.4, -0.2) is 143 Å². The lowest BCUT2D eigenvalue weighted by Crippen LogP contribution is -2.55. The molecule has 1 amide bonds. The number of anilines is 1. The van der Waals surface area contributed by atoms with Crippen LogP contribution in [0, 0.1) is 0 Å². The number of carbonyl (C=O) groups excluding carboxylic acids is 2. The number of amides is 1. The molecule has 0 radical (unpaired) electrons. The Bertz CT molecular complexity index is 1570. The second-order valence-corrected chi connectivity index (χ2v) is 13.8. The Morgan fingerprint density at radius 2 is 1.69 bits per heavy atom. The predicted octanol–water partition coefficient (Wildman–Crippen LogP) is 5.55. The predicted molar refractivity (Wildman–Crippen MR) is 207 cm³/mol. The van der Waals surface area contributed by atoms with Crippen molar-refractivity contribution in [2.45, 2.75) is 64.1 Å². The van der Waals surface area contributed by atoms with E-state index in [4.69, 9.17) is 40.3 Å². The fourth-order valence-corrected chi connectivity index (χ4v) is 6.88. The number of likely N-dealkylation sites (tertiary alicyclic amines) is 2. The van der Waals surface area contributed by atoms with Crippen LogP contribution in [-0.2, 0) is 47.0 Å². The van der Waals surface area contributed by atoms with Crippen LogP contribution in [0.15, 0.2) is 36.7 Å². The van der Waals surface area contributed by atoms with Gasteiger partial charge < -0.3 is 42.8 Å². The Morgan fingerprint density at radius 1 is 1.00 bits per heavy atom. The van der Waals surface area contributed by atoms with Crippen molar-refractivity contribution in [3.63, 3.8) is 0 Å². The molecule has 4 heterocycles. The lowest BCUT2D eigenvalue weighted by atomic mass is 9.73. The van der Waals surface area contributed by atoms with Crippen LogP contribution in [0.1, 0.15) is 50.9 Å². The third-order valence-corrected chi connectivity index (χ3v) is 9.97. The number of piperidine rings is 1. The summed E-state index contributed by atoms with van der Waals surface area (Å²) < 4.78 is 42.3. The molecule has 5 rings (SSSR count). The summed E-state index contributed by atoms with van der Waals surface area (Å²) in [6.45, 7) is 11.4. The number of ether oxygens (including phenoxy) is 5. The van der Waals surface area contributed by atoms with Crippen LogP contribution < -0.4 is 4.90 Å². The Labute approximate surface area is 324 Å². The summed E-state index contributed by atoms with van der Waals surface area (Å²) in [6.07, 6.45) is 6.09. The summed E-state index contributed by atoms with van der Waals surface area (Å²) in [6, 6.07) is 7.52. The van der Waals surface area contributed by atoms with E-state index in [1.54, 1.807) is 24.4 Å². The van der Waals surface area contributed by atoms with Crippen molar-refractivity contribution in [3.8, 4) is 0 Å². The number of methoxy groups -OCH3 is 1. The zero-order valence-corrected chi connectivity index (χ0v) is 33.1. The van der Waals surface area contributed by atoms with Crippen molar-refractivity contribution in [3.05, 3.63) is 53.1 Å². The maximum Gasteiger partial charge on any atom is 0.410 e. The van der Waals surface area contributed by atoms with Gasteiger partial charge in [0.2, 0.25) is 0 Å². The highest BCUT2D eigenvalue weighted by Gasteiger charge is 2.41. The minimum atomic E-state index is -0.783. The molecule has 0 N–H and O–H groups in total. The van der Waals surface area contributed by atoms with Crippen molar-refractivity contribution in [1.82, 2.24) is 24.3 Å². The smallest absolute Gasteiger partial charge is 0.410 e. The van der Waals surface area contributed by atoms with Crippen molar-refractivity contribution < 1.29 is 37.7 Å². The first kappa shape index (κ1) is 43.3. The maximum absolute atomic E-state index is 13.1. The first-order chi connectivity index (χ1) is 26.4. The van der Waals surface area contributed by atoms with Crippen LogP contribution in [0.5, 0.6) is 0 Å². The van der Waals surface area contributed by atoms with Crippen LogP contribution in [0.2, 0.25) is 5.02 Å². The van der Waals surface area contributed by atoms with Crippen molar-refractivity contribution in [1.29, 1.82) is 0 Å². The number of alkyl halides is 1. The molecule has 1 aromatic carbocycles. The first-order valence-corrected chi connectivity index (χ1v) is 19.5. The summed E-state index contributed by atoms with van der Waals surface area (Å²) >= 11 is 6.27. The van der Waals surface area contributed by atoms with Gasteiger partial charge in [-0.1, -0.05) is 25.4 Å². The molecule has 0 atom stereocenters. The third kappa shape index (κ3) is 12.0. The number of halogens is 2. The van der Waals surface area contributed by atoms with E-state index in [1.807, 2.05) is 50.1 Å². The minimum absolute atomic E-state index is 0.163. The molecule has 15 heteroatoms. The van der Waals surface area contributed by atoms with Gasteiger partial charge in [0.05, 0.1) is 87.8 Å². The van der Waals surface area contributed by atoms with Crippen LogP contribution in [0.3, 0.4) is 0 Å². The van der Waals surface area contributed by atoms with Gasteiger partial charge in [-0.2, -0.15) is 0 Å². The standard InChI is InChI=1S/C37H52ClFN6O7.C2H6/c1-42(27-35-41-32-23-29(38)5-6-33(32)45(35)12-4-3-10-39)34-24-40-11-7-31(34)37(28-46)8-13-44(14-9-37)36(47)52-30-25-43(26-30)15-16-49-19-20-51-22-21-50-18-17-48-2;1-2/h5-7,11,23-24,28,30H,3-4,8-10,12-22,25-27H2,1-2H3;1-2H3. The van der Waals surface area contributed by atoms with Crippen LogP contribution >= 0.6 is 11.6 Å². The van der Waals surface area contributed by atoms with Gasteiger partial charge in [0.1, 0.15) is 18.2 Å². The summed E-state index contributed by atoms with van der Waals surface area (Å²) in [5.74, 6) is 0.814. The van der Waals surface area contributed by atoms with E-state index in [0.717, 1.165) is 40.9 Å². The average Bonchev–Trinajstić information content (AvgIpc) is 3.51. The van der Waals surface area contributed by atoms with Gasteiger partial charge in [-0.25, -0.2) is 9.78 Å². The summed E-state index contributed by atoms with van der Waals surface area (Å²) in [5, 5.41) is 0.601. The van der Waals surface area contributed by atoms with Gasteiger partial charge >= 0.3 is 6.09 Å². The molecule has 54 heavy (non-hydrogen) atoms. The number of unbranched alkanes of at least 4 members (excludes halogenated alkanes) is 1. The number of imidazole rings is 1. The number of nitrogens with zero attached hydrogens (tertiary/aromatic N) is 6. The molecule has 3 aromatic rings.